The maximum absolute atomic E-state index is 11.5. The van der Waals surface area contributed by atoms with E-state index in [4.69, 9.17) is 11.6 Å². The number of hydrogen-bond donors (Lipinski definition) is 2. The van der Waals surface area contributed by atoms with Crippen LogP contribution in [0.3, 0.4) is 0 Å². The van der Waals surface area contributed by atoms with Crippen molar-refractivity contribution in [3.05, 3.63) is 28.3 Å². The third-order valence-corrected chi connectivity index (χ3v) is 5.22. The van der Waals surface area contributed by atoms with E-state index in [1.165, 1.54) is 25.7 Å². The van der Waals surface area contributed by atoms with Crippen molar-refractivity contribution in [1.82, 2.24) is 5.32 Å². The molecule has 3 nitrogen and oxygen atoms in total. The average Bonchev–Trinajstić information content (AvgIpc) is 2.96. The Morgan fingerprint density at radius 1 is 1.35 bits per heavy atom. The number of hydrogen-bond acceptors (Lipinski definition) is 2. The standard InChI is InChI=1S/C16H21ClN2O/c1-16(5-3-4-6-16)15(18-2)11-7-10-8-14(20)19-13(10)9-12(11)17/h7,9,15,18H,3-6,8H2,1-2H3,(H,19,20). The van der Waals surface area contributed by atoms with Crippen LogP contribution in [0.2, 0.25) is 5.02 Å². The minimum atomic E-state index is 0.0568. The molecule has 1 fully saturated rings. The van der Waals surface area contributed by atoms with Crippen LogP contribution in [0.25, 0.3) is 0 Å². The van der Waals surface area contributed by atoms with Gasteiger partial charge in [0.15, 0.2) is 0 Å². The van der Waals surface area contributed by atoms with Crippen molar-refractivity contribution in [3.8, 4) is 0 Å². The van der Waals surface area contributed by atoms with Gasteiger partial charge in [-0.25, -0.2) is 0 Å². The minimum Gasteiger partial charge on any atom is -0.325 e. The van der Waals surface area contributed by atoms with Gasteiger partial charge in [0, 0.05) is 16.8 Å². The Labute approximate surface area is 125 Å². The zero-order chi connectivity index (χ0) is 14.3. The molecule has 1 atom stereocenters. The Balaban J connectivity index is 2.00. The number of rotatable bonds is 3. The van der Waals surface area contributed by atoms with Crippen LogP contribution >= 0.6 is 11.6 Å². The molecule has 0 aromatic heterocycles. The van der Waals surface area contributed by atoms with Crippen LogP contribution in [-0.4, -0.2) is 13.0 Å². The first kappa shape index (κ1) is 13.9. The molecule has 1 aromatic rings. The molecule has 20 heavy (non-hydrogen) atoms. The molecule has 1 unspecified atom stereocenters. The highest BCUT2D eigenvalue weighted by molar-refractivity contribution is 6.32. The van der Waals surface area contributed by atoms with Gasteiger partial charge in [0.2, 0.25) is 5.91 Å². The fourth-order valence-electron chi connectivity index (χ4n) is 3.84. The molecule has 108 valence electrons. The second-order valence-corrected chi connectivity index (χ2v) is 6.75. The van der Waals surface area contributed by atoms with Gasteiger partial charge < -0.3 is 10.6 Å². The third kappa shape index (κ3) is 2.23. The molecule has 4 heteroatoms. The van der Waals surface area contributed by atoms with Gasteiger partial charge in [-0.3, -0.25) is 4.79 Å². The summed E-state index contributed by atoms with van der Waals surface area (Å²) >= 11 is 6.48. The Morgan fingerprint density at radius 3 is 2.70 bits per heavy atom. The van der Waals surface area contributed by atoms with Gasteiger partial charge in [-0.15, -0.1) is 0 Å². The zero-order valence-corrected chi connectivity index (χ0v) is 12.8. The predicted molar refractivity (Wildman–Crippen MR) is 82.2 cm³/mol. The third-order valence-electron chi connectivity index (χ3n) is 4.89. The molecule has 0 bridgehead atoms. The molecule has 0 spiro atoms. The van der Waals surface area contributed by atoms with Crippen molar-refractivity contribution in [1.29, 1.82) is 0 Å². The van der Waals surface area contributed by atoms with E-state index in [-0.39, 0.29) is 17.4 Å². The maximum atomic E-state index is 11.5. The van der Waals surface area contributed by atoms with Crippen molar-refractivity contribution in [2.75, 3.05) is 12.4 Å². The molecule has 1 amide bonds. The monoisotopic (exact) mass is 292 g/mol. The Bertz CT molecular complexity index is 550. The number of halogens is 1. The first-order valence-electron chi connectivity index (χ1n) is 7.33. The first-order valence-corrected chi connectivity index (χ1v) is 7.71. The number of benzene rings is 1. The second kappa shape index (κ2) is 5.05. The minimum absolute atomic E-state index is 0.0568. The topological polar surface area (TPSA) is 41.1 Å². The van der Waals surface area contributed by atoms with Gasteiger partial charge in [-0.2, -0.15) is 0 Å². The van der Waals surface area contributed by atoms with Crippen molar-refractivity contribution in [2.24, 2.45) is 5.41 Å². The second-order valence-electron chi connectivity index (χ2n) is 6.34. The quantitative estimate of drug-likeness (QED) is 0.892. The van der Waals surface area contributed by atoms with E-state index >= 15 is 0 Å². The van der Waals surface area contributed by atoms with Crippen LogP contribution in [-0.2, 0) is 11.2 Å². The summed E-state index contributed by atoms with van der Waals surface area (Å²) in [7, 11) is 2.00. The van der Waals surface area contributed by atoms with Gasteiger partial charge in [0.25, 0.3) is 0 Å². The fraction of sp³-hybridized carbons (Fsp3) is 0.562. The molecular formula is C16H21ClN2O. The summed E-state index contributed by atoms with van der Waals surface area (Å²) in [5, 5.41) is 7.06. The van der Waals surface area contributed by atoms with E-state index in [9.17, 15) is 4.79 Å². The number of anilines is 1. The van der Waals surface area contributed by atoms with E-state index in [0.717, 1.165) is 21.8 Å². The highest BCUT2D eigenvalue weighted by Gasteiger charge is 2.38. The predicted octanol–water partition coefficient (Wildman–Crippen LogP) is 3.68. The number of carbonyl (C=O) groups excluding carboxylic acids is 1. The molecular weight excluding hydrogens is 272 g/mol. The molecule has 1 heterocycles. The average molecular weight is 293 g/mol. The lowest BCUT2D eigenvalue weighted by Crippen LogP contribution is -2.32. The normalized spacial score (nSPS) is 21.6. The van der Waals surface area contributed by atoms with Crippen LogP contribution < -0.4 is 10.6 Å². The van der Waals surface area contributed by atoms with Gasteiger partial charge >= 0.3 is 0 Å². The first-order chi connectivity index (χ1) is 9.53. The SMILES string of the molecule is CNC(c1cc2c(cc1Cl)NC(=O)C2)C1(C)CCCC1. The summed E-state index contributed by atoms with van der Waals surface area (Å²) in [5.41, 5.74) is 3.32. The Hall–Kier alpha value is -1.06. The van der Waals surface area contributed by atoms with Crippen LogP contribution in [0.4, 0.5) is 5.69 Å². The fourth-order valence-corrected chi connectivity index (χ4v) is 4.11. The summed E-state index contributed by atoms with van der Waals surface area (Å²) in [6.45, 7) is 2.34. The summed E-state index contributed by atoms with van der Waals surface area (Å²) in [6.07, 6.45) is 5.49. The Kier molecular flexibility index (Phi) is 3.51. The van der Waals surface area contributed by atoms with E-state index in [1.807, 2.05) is 13.1 Å². The van der Waals surface area contributed by atoms with E-state index in [0.29, 0.717) is 6.42 Å². The van der Waals surface area contributed by atoms with Crippen molar-refractivity contribution in [3.63, 3.8) is 0 Å². The van der Waals surface area contributed by atoms with Crippen LogP contribution in [0.15, 0.2) is 12.1 Å². The Morgan fingerprint density at radius 2 is 2.05 bits per heavy atom. The number of nitrogens with one attached hydrogen (secondary N) is 2. The summed E-state index contributed by atoms with van der Waals surface area (Å²) in [5.74, 6) is 0.0568. The molecule has 1 aromatic carbocycles. The van der Waals surface area contributed by atoms with Crippen molar-refractivity contribution >= 4 is 23.2 Å². The zero-order valence-electron chi connectivity index (χ0n) is 12.1. The number of amides is 1. The van der Waals surface area contributed by atoms with Crippen molar-refractivity contribution in [2.45, 2.75) is 45.1 Å². The highest BCUT2D eigenvalue weighted by Crippen LogP contribution is 2.49. The van der Waals surface area contributed by atoms with E-state index < -0.39 is 0 Å². The molecule has 1 saturated carbocycles. The van der Waals surface area contributed by atoms with Gasteiger partial charge in [0.05, 0.1) is 6.42 Å². The van der Waals surface area contributed by atoms with E-state index in [1.54, 1.807) is 0 Å². The van der Waals surface area contributed by atoms with Crippen molar-refractivity contribution < 1.29 is 4.79 Å². The van der Waals surface area contributed by atoms with E-state index in [2.05, 4.69) is 23.6 Å². The van der Waals surface area contributed by atoms with Crippen LogP contribution in [0.1, 0.15) is 49.8 Å². The van der Waals surface area contributed by atoms with Gasteiger partial charge in [-0.05, 0) is 42.5 Å². The largest absolute Gasteiger partial charge is 0.325 e. The smallest absolute Gasteiger partial charge is 0.228 e. The summed E-state index contributed by atoms with van der Waals surface area (Å²) in [6, 6.07) is 4.26. The molecule has 2 aliphatic rings. The lowest BCUT2D eigenvalue weighted by Gasteiger charge is -2.35. The molecule has 0 radical (unpaired) electrons. The van der Waals surface area contributed by atoms with Gasteiger partial charge in [0.1, 0.15) is 0 Å². The summed E-state index contributed by atoms with van der Waals surface area (Å²) in [4.78, 5) is 11.5. The molecule has 1 aliphatic heterocycles. The molecule has 1 aliphatic carbocycles. The maximum Gasteiger partial charge on any atom is 0.228 e. The lowest BCUT2D eigenvalue weighted by molar-refractivity contribution is -0.115. The molecule has 2 N–H and O–H groups in total. The summed E-state index contributed by atoms with van der Waals surface area (Å²) < 4.78 is 0. The highest BCUT2D eigenvalue weighted by atomic mass is 35.5. The molecule has 3 rings (SSSR count). The van der Waals surface area contributed by atoms with Crippen LogP contribution in [0, 0.1) is 5.41 Å². The number of fused-ring (bicyclic) bond motifs is 1. The number of carbonyl (C=O) groups is 1. The molecule has 0 saturated heterocycles. The van der Waals surface area contributed by atoms with Gasteiger partial charge in [-0.1, -0.05) is 37.4 Å². The lowest BCUT2D eigenvalue weighted by atomic mass is 9.77. The van der Waals surface area contributed by atoms with Crippen LogP contribution in [0.5, 0.6) is 0 Å².